The molecule has 0 spiro atoms. The van der Waals surface area contributed by atoms with E-state index >= 15 is 0 Å². The van der Waals surface area contributed by atoms with Crippen LogP contribution in [-0.4, -0.2) is 15.7 Å². The van der Waals surface area contributed by atoms with Gasteiger partial charge in [-0.15, -0.1) is 0 Å². The van der Waals surface area contributed by atoms with Gasteiger partial charge in [0.1, 0.15) is 0 Å². The Hall–Kier alpha value is -1.27. The van der Waals surface area contributed by atoms with Crippen molar-refractivity contribution in [3.63, 3.8) is 0 Å². The lowest BCUT2D eigenvalue weighted by molar-refractivity contribution is 0.195. The monoisotopic (exact) mass is 218 g/mol. The summed E-state index contributed by atoms with van der Waals surface area (Å²) in [4.78, 5) is 0. The molecule has 0 bridgehead atoms. The molecule has 0 radical (unpaired) electrons. The molecule has 0 fully saturated rings. The van der Waals surface area contributed by atoms with Gasteiger partial charge in [0, 0.05) is 0 Å². The minimum Gasteiger partial charge on any atom is -0.394 e. The number of hydrogen-bond donors (Lipinski definition) is 3. The Kier molecular flexibility index (Phi) is 4.96. The highest BCUT2D eigenvalue weighted by Crippen LogP contribution is 2.11. The maximum atomic E-state index is 11.0. The van der Waals surface area contributed by atoms with Crippen molar-refractivity contribution in [1.29, 1.82) is 4.78 Å². The summed E-state index contributed by atoms with van der Waals surface area (Å²) in [6.07, 6.45) is 5.45. The van der Waals surface area contributed by atoms with Crippen LogP contribution >= 0.6 is 0 Å². The van der Waals surface area contributed by atoms with E-state index in [1.54, 1.807) is 6.92 Å². The van der Waals surface area contributed by atoms with Crippen molar-refractivity contribution in [2.75, 3.05) is 6.26 Å². The Bertz CT molecular complexity index is 355. The van der Waals surface area contributed by atoms with Gasteiger partial charge >= 0.3 is 0 Å². The van der Waals surface area contributed by atoms with Crippen LogP contribution in [0, 0.1) is 4.78 Å². The molecule has 0 heterocycles. The number of hydrogen-bond acceptors (Lipinski definition) is 5. The topological polar surface area (TPSA) is 82.4 Å². The summed E-state index contributed by atoms with van der Waals surface area (Å²) in [5.74, 6) is 0.104. The second-order valence-corrected chi connectivity index (χ2v) is 4.15. The van der Waals surface area contributed by atoms with E-state index in [0.717, 1.165) is 6.26 Å². The molecule has 0 aliphatic heterocycles. The molecule has 0 aliphatic rings. The molecule has 1 atom stereocenters. The lowest BCUT2D eigenvalue weighted by Crippen LogP contribution is -2.13. The van der Waals surface area contributed by atoms with Crippen molar-refractivity contribution in [2.24, 2.45) is 0 Å². The van der Waals surface area contributed by atoms with Gasteiger partial charge in [0.15, 0.2) is 5.76 Å². The SMILES string of the molecule is C=C/C=C(OS(C)(=N)=O)\C(=C/C)NO. The summed E-state index contributed by atoms with van der Waals surface area (Å²) in [7, 11) is -3.12. The zero-order valence-electron chi connectivity index (χ0n) is 8.11. The van der Waals surface area contributed by atoms with Crippen LogP contribution in [0.2, 0.25) is 0 Å². The third kappa shape index (κ3) is 4.68. The first-order chi connectivity index (χ1) is 6.44. The van der Waals surface area contributed by atoms with Gasteiger partial charge < -0.3 is 4.18 Å². The predicted octanol–water partition coefficient (Wildman–Crippen LogP) is 1.55. The summed E-state index contributed by atoms with van der Waals surface area (Å²) in [5, 5.41) is 8.69. The molecule has 0 aromatic rings. The smallest absolute Gasteiger partial charge is 0.200 e. The van der Waals surface area contributed by atoms with Crippen LogP contribution in [-0.2, 0) is 14.2 Å². The Morgan fingerprint density at radius 3 is 2.57 bits per heavy atom. The fourth-order valence-corrected chi connectivity index (χ4v) is 1.19. The molecule has 0 amide bonds. The first-order valence-electron chi connectivity index (χ1n) is 3.77. The van der Waals surface area contributed by atoms with Crippen molar-refractivity contribution in [2.45, 2.75) is 6.92 Å². The summed E-state index contributed by atoms with van der Waals surface area (Å²) in [6, 6.07) is 0. The summed E-state index contributed by atoms with van der Waals surface area (Å²) in [5.41, 5.74) is 2.10. The van der Waals surface area contributed by atoms with Crippen LogP contribution in [0.4, 0.5) is 0 Å². The molecular weight excluding hydrogens is 204 g/mol. The normalized spacial score (nSPS) is 17.1. The highest BCUT2D eigenvalue weighted by Gasteiger charge is 2.08. The molecule has 14 heavy (non-hydrogen) atoms. The molecule has 0 saturated carbocycles. The third-order valence-corrected chi connectivity index (χ3v) is 1.69. The quantitative estimate of drug-likeness (QED) is 0.371. The maximum absolute atomic E-state index is 11.0. The zero-order chi connectivity index (χ0) is 11.2. The first-order valence-corrected chi connectivity index (χ1v) is 5.66. The molecule has 80 valence electrons. The Balaban J connectivity index is 4.98. The van der Waals surface area contributed by atoms with Gasteiger partial charge in [-0.3, -0.25) is 10.7 Å². The number of nitrogens with one attached hydrogen (secondary N) is 2. The molecular formula is C8H14N2O3S. The van der Waals surface area contributed by atoms with Gasteiger partial charge in [-0.2, -0.15) is 0 Å². The second-order valence-electron chi connectivity index (χ2n) is 2.44. The van der Waals surface area contributed by atoms with E-state index in [4.69, 9.17) is 14.2 Å². The molecule has 5 nitrogen and oxygen atoms in total. The van der Waals surface area contributed by atoms with Crippen LogP contribution < -0.4 is 5.48 Å². The molecule has 0 aliphatic carbocycles. The number of rotatable bonds is 5. The van der Waals surface area contributed by atoms with Crippen LogP contribution in [0.5, 0.6) is 0 Å². The van der Waals surface area contributed by atoms with E-state index in [1.165, 1.54) is 18.2 Å². The number of allylic oxidation sites excluding steroid dienone is 3. The highest BCUT2D eigenvalue weighted by molar-refractivity contribution is 7.87. The van der Waals surface area contributed by atoms with Gasteiger partial charge in [0.2, 0.25) is 10.0 Å². The Morgan fingerprint density at radius 2 is 2.29 bits per heavy atom. The second kappa shape index (κ2) is 5.46. The minimum atomic E-state index is -3.12. The third-order valence-electron chi connectivity index (χ3n) is 1.19. The number of hydroxylamine groups is 1. The standard InChI is InChI=1S/C8H14N2O3S/c1-4-6-8(7(5-2)10-11)13-14(3,9)12/h4-6,9-11H,1H2,2-3H3/b7-5+,8-6+. The van der Waals surface area contributed by atoms with Gasteiger partial charge in [-0.05, 0) is 13.0 Å². The molecule has 0 saturated heterocycles. The molecule has 0 aromatic carbocycles. The van der Waals surface area contributed by atoms with E-state index in [0.29, 0.717) is 0 Å². The van der Waals surface area contributed by atoms with Gasteiger partial charge in [0.05, 0.1) is 12.0 Å². The average Bonchev–Trinajstić information content (AvgIpc) is 2.04. The zero-order valence-corrected chi connectivity index (χ0v) is 8.93. The molecule has 6 heteroatoms. The van der Waals surface area contributed by atoms with Crippen molar-refractivity contribution in [3.8, 4) is 0 Å². The van der Waals surface area contributed by atoms with Crippen molar-refractivity contribution >= 4 is 10.0 Å². The van der Waals surface area contributed by atoms with Crippen LogP contribution in [0.25, 0.3) is 0 Å². The Morgan fingerprint density at radius 1 is 1.71 bits per heavy atom. The van der Waals surface area contributed by atoms with E-state index in [-0.39, 0.29) is 11.5 Å². The average molecular weight is 218 g/mol. The first kappa shape index (κ1) is 12.7. The summed E-state index contributed by atoms with van der Waals surface area (Å²) in [6.45, 7) is 5.09. The summed E-state index contributed by atoms with van der Waals surface area (Å²) >= 11 is 0. The lowest BCUT2D eigenvalue weighted by Gasteiger charge is -2.11. The molecule has 0 aromatic heterocycles. The van der Waals surface area contributed by atoms with Crippen molar-refractivity contribution in [1.82, 2.24) is 5.48 Å². The van der Waals surface area contributed by atoms with E-state index in [9.17, 15) is 4.21 Å². The predicted molar refractivity (Wildman–Crippen MR) is 54.8 cm³/mol. The molecule has 1 unspecified atom stereocenters. The van der Waals surface area contributed by atoms with Gasteiger partial charge in [-0.1, -0.05) is 18.7 Å². The fourth-order valence-electron chi connectivity index (χ4n) is 0.703. The van der Waals surface area contributed by atoms with Crippen molar-refractivity contribution < 1.29 is 13.6 Å². The maximum Gasteiger partial charge on any atom is 0.200 e. The van der Waals surface area contributed by atoms with Gasteiger partial charge in [0.25, 0.3) is 0 Å². The van der Waals surface area contributed by atoms with E-state index in [2.05, 4.69) is 6.58 Å². The van der Waals surface area contributed by atoms with E-state index in [1.807, 2.05) is 5.48 Å². The molecule has 0 rings (SSSR count). The van der Waals surface area contributed by atoms with Crippen LogP contribution in [0.1, 0.15) is 6.92 Å². The van der Waals surface area contributed by atoms with Crippen LogP contribution in [0.15, 0.2) is 36.3 Å². The largest absolute Gasteiger partial charge is 0.394 e. The van der Waals surface area contributed by atoms with Crippen LogP contribution in [0.3, 0.4) is 0 Å². The highest BCUT2D eigenvalue weighted by atomic mass is 32.2. The summed E-state index contributed by atoms with van der Waals surface area (Å²) < 4.78 is 22.9. The van der Waals surface area contributed by atoms with Crippen molar-refractivity contribution in [3.05, 3.63) is 36.3 Å². The molecule has 3 N–H and O–H groups in total. The van der Waals surface area contributed by atoms with Gasteiger partial charge in [-0.25, -0.2) is 8.99 Å². The van der Waals surface area contributed by atoms with E-state index < -0.39 is 10.0 Å². The fraction of sp³-hybridized carbons (Fsp3) is 0.250. The minimum absolute atomic E-state index is 0.104. The lowest BCUT2D eigenvalue weighted by atomic mass is 10.3. The Labute approximate surface area is 83.9 Å².